The fraction of sp³-hybridized carbons (Fsp3) is 0.125. The van der Waals surface area contributed by atoms with Gasteiger partial charge in [0.2, 0.25) is 5.91 Å². The molecule has 0 aliphatic rings. The largest absolute Gasteiger partial charge is 0.482 e. The average Bonchev–Trinajstić information content (AvgIpc) is 2.47. The van der Waals surface area contributed by atoms with E-state index in [2.05, 4.69) is 21.2 Å². The number of carbonyl (C=O) groups is 2. The third-order valence-corrected chi connectivity index (χ3v) is 3.05. The minimum Gasteiger partial charge on any atom is -0.482 e. The summed E-state index contributed by atoms with van der Waals surface area (Å²) in [4.78, 5) is 22.6. The number of esters is 1. The summed E-state index contributed by atoms with van der Waals surface area (Å²) >= 11 is 3.32. The Hall–Kier alpha value is -2.34. The molecule has 2 aromatic carbocycles. The van der Waals surface area contributed by atoms with Crippen LogP contribution < -0.4 is 14.8 Å². The lowest BCUT2D eigenvalue weighted by Crippen LogP contribution is -2.17. The molecule has 0 bridgehead atoms. The normalized spacial score (nSPS) is 9.91. The number of rotatable bonds is 5. The van der Waals surface area contributed by atoms with Gasteiger partial charge in [-0.15, -0.1) is 0 Å². The first-order valence-corrected chi connectivity index (χ1v) is 7.29. The van der Waals surface area contributed by atoms with E-state index in [0.29, 0.717) is 17.2 Å². The first-order chi connectivity index (χ1) is 10.5. The van der Waals surface area contributed by atoms with Crippen LogP contribution >= 0.6 is 15.9 Å². The predicted molar refractivity (Wildman–Crippen MR) is 86.0 cm³/mol. The second-order valence-electron chi connectivity index (χ2n) is 4.43. The van der Waals surface area contributed by atoms with Crippen LogP contribution in [0.4, 0.5) is 5.69 Å². The van der Waals surface area contributed by atoms with Crippen molar-refractivity contribution in [3.63, 3.8) is 0 Å². The topological polar surface area (TPSA) is 64.6 Å². The maximum atomic E-state index is 11.7. The summed E-state index contributed by atoms with van der Waals surface area (Å²) in [7, 11) is 0. The summed E-state index contributed by atoms with van der Waals surface area (Å²) in [5.41, 5.74) is 0.637. The Morgan fingerprint density at radius 1 is 1.09 bits per heavy atom. The molecule has 0 atom stereocenters. The molecule has 1 amide bonds. The van der Waals surface area contributed by atoms with Crippen LogP contribution in [-0.2, 0) is 9.59 Å². The average molecular weight is 364 g/mol. The van der Waals surface area contributed by atoms with Gasteiger partial charge in [0.05, 0.1) is 0 Å². The number of benzene rings is 2. The molecule has 0 heterocycles. The molecule has 22 heavy (non-hydrogen) atoms. The monoisotopic (exact) mass is 363 g/mol. The van der Waals surface area contributed by atoms with E-state index in [1.54, 1.807) is 36.4 Å². The quantitative estimate of drug-likeness (QED) is 0.653. The van der Waals surface area contributed by atoms with E-state index in [1.807, 2.05) is 12.1 Å². The Morgan fingerprint density at radius 3 is 2.45 bits per heavy atom. The van der Waals surface area contributed by atoms with Gasteiger partial charge in [-0.1, -0.05) is 22.0 Å². The van der Waals surface area contributed by atoms with Crippen LogP contribution in [0.3, 0.4) is 0 Å². The lowest BCUT2D eigenvalue weighted by atomic mass is 10.3. The van der Waals surface area contributed by atoms with Crippen molar-refractivity contribution < 1.29 is 19.1 Å². The van der Waals surface area contributed by atoms with Crippen molar-refractivity contribution >= 4 is 33.5 Å². The van der Waals surface area contributed by atoms with E-state index >= 15 is 0 Å². The van der Waals surface area contributed by atoms with E-state index < -0.39 is 5.97 Å². The second kappa shape index (κ2) is 7.61. The highest BCUT2D eigenvalue weighted by Crippen LogP contribution is 2.18. The summed E-state index contributed by atoms with van der Waals surface area (Å²) in [6.45, 7) is 1.23. The van der Waals surface area contributed by atoms with Gasteiger partial charge in [-0.3, -0.25) is 4.79 Å². The molecule has 114 valence electrons. The molecule has 0 saturated heterocycles. The van der Waals surface area contributed by atoms with Crippen LogP contribution in [0.5, 0.6) is 11.5 Å². The number of hydrogen-bond donors (Lipinski definition) is 1. The number of hydrogen-bond acceptors (Lipinski definition) is 4. The Kier molecular flexibility index (Phi) is 5.55. The Morgan fingerprint density at radius 2 is 1.82 bits per heavy atom. The van der Waals surface area contributed by atoms with Gasteiger partial charge in [0, 0.05) is 17.1 Å². The fourth-order valence-electron chi connectivity index (χ4n) is 1.67. The van der Waals surface area contributed by atoms with Crippen LogP contribution in [0.25, 0.3) is 0 Å². The van der Waals surface area contributed by atoms with Crippen molar-refractivity contribution in [2.75, 3.05) is 11.9 Å². The van der Waals surface area contributed by atoms with E-state index in [0.717, 1.165) is 4.47 Å². The van der Waals surface area contributed by atoms with Crippen molar-refractivity contribution in [3.05, 3.63) is 53.0 Å². The molecule has 2 aromatic rings. The number of nitrogens with one attached hydrogen (secondary N) is 1. The smallest absolute Gasteiger partial charge is 0.349 e. The number of amides is 1. The zero-order valence-corrected chi connectivity index (χ0v) is 13.4. The van der Waals surface area contributed by atoms with Gasteiger partial charge >= 0.3 is 5.97 Å². The van der Waals surface area contributed by atoms with Crippen LogP contribution in [0.1, 0.15) is 6.92 Å². The van der Waals surface area contributed by atoms with Crippen molar-refractivity contribution in [2.45, 2.75) is 6.92 Å². The fourth-order valence-corrected chi connectivity index (χ4v) is 2.05. The van der Waals surface area contributed by atoms with Crippen molar-refractivity contribution in [3.8, 4) is 11.5 Å². The maximum Gasteiger partial charge on any atom is 0.349 e. The number of ether oxygens (including phenoxy) is 2. The van der Waals surface area contributed by atoms with E-state index in [-0.39, 0.29) is 12.5 Å². The Balaban J connectivity index is 1.85. The molecule has 0 radical (unpaired) electrons. The van der Waals surface area contributed by atoms with Crippen LogP contribution in [-0.4, -0.2) is 18.5 Å². The van der Waals surface area contributed by atoms with Crippen LogP contribution in [0.15, 0.2) is 53.0 Å². The first kappa shape index (κ1) is 16.0. The minimum atomic E-state index is -0.507. The molecule has 0 aliphatic heterocycles. The zero-order valence-electron chi connectivity index (χ0n) is 11.8. The molecule has 0 aromatic heterocycles. The lowest BCUT2D eigenvalue weighted by molar-refractivity contribution is -0.136. The van der Waals surface area contributed by atoms with E-state index in [1.165, 1.54) is 6.92 Å². The number of carbonyl (C=O) groups excluding carboxylic acids is 2. The molecule has 0 unspecified atom stereocenters. The molecule has 0 aliphatic carbocycles. The van der Waals surface area contributed by atoms with Gasteiger partial charge in [0.1, 0.15) is 11.5 Å². The molecule has 2 rings (SSSR count). The molecular weight excluding hydrogens is 350 g/mol. The molecule has 6 heteroatoms. The minimum absolute atomic E-state index is 0.160. The predicted octanol–water partition coefficient (Wildman–Crippen LogP) is 3.39. The summed E-state index contributed by atoms with van der Waals surface area (Å²) < 4.78 is 11.3. The van der Waals surface area contributed by atoms with Gasteiger partial charge in [-0.05, 0) is 42.5 Å². The third kappa shape index (κ3) is 5.21. The van der Waals surface area contributed by atoms with E-state index in [9.17, 15) is 9.59 Å². The first-order valence-electron chi connectivity index (χ1n) is 6.49. The van der Waals surface area contributed by atoms with Gasteiger partial charge < -0.3 is 14.8 Å². The maximum absolute atomic E-state index is 11.7. The SMILES string of the molecule is CC(=O)Nc1ccc(OC(=O)COc2cccc(Br)c2)cc1. The van der Waals surface area contributed by atoms with Crippen molar-refractivity contribution in [1.82, 2.24) is 0 Å². The van der Waals surface area contributed by atoms with Crippen molar-refractivity contribution in [1.29, 1.82) is 0 Å². The Bertz CT molecular complexity index is 670. The second-order valence-corrected chi connectivity index (χ2v) is 5.34. The zero-order chi connectivity index (χ0) is 15.9. The molecule has 5 nitrogen and oxygen atoms in total. The molecule has 0 spiro atoms. The van der Waals surface area contributed by atoms with Crippen LogP contribution in [0, 0.1) is 0 Å². The summed E-state index contributed by atoms with van der Waals surface area (Å²) in [6, 6.07) is 13.7. The highest BCUT2D eigenvalue weighted by Gasteiger charge is 2.07. The molecule has 1 N–H and O–H groups in total. The van der Waals surface area contributed by atoms with Crippen molar-refractivity contribution in [2.24, 2.45) is 0 Å². The molecule has 0 saturated carbocycles. The highest BCUT2D eigenvalue weighted by atomic mass is 79.9. The van der Waals surface area contributed by atoms with E-state index in [4.69, 9.17) is 9.47 Å². The van der Waals surface area contributed by atoms with Gasteiger partial charge in [0.25, 0.3) is 0 Å². The molecular formula is C16H14BrNO4. The van der Waals surface area contributed by atoms with Gasteiger partial charge in [-0.25, -0.2) is 4.79 Å². The number of anilines is 1. The Labute approximate surface area is 136 Å². The van der Waals surface area contributed by atoms with Gasteiger partial charge in [-0.2, -0.15) is 0 Å². The molecule has 0 fully saturated rings. The van der Waals surface area contributed by atoms with Gasteiger partial charge in [0.15, 0.2) is 6.61 Å². The standard InChI is InChI=1S/C16H14BrNO4/c1-11(19)18-13-5-7-14(8-6-13)22-16(20)10-21-15-4-2-3-12(17)9-15/h2-9H,10H2,1H3,(H,18,19). The summed E-state index contributed by atoms with van der Waals surface area (Å²) in [5.74, 6) is 0.295. The summed E-state index contributed by atoms with van der Waals surface area (Å²) in [5, 5.41) is 2.63. The third-order valence-electron chi connectivity index (χ3n) is 2.56. The highest BCUT2D eigenvalue weighted by molar-refractivity contribution is 9.10. The van der Waals surface area contributed by atoms with Crippen LogP contribution in [0.2, 0.25) is 0 Å². The number of halogens is 1. The summed E-state index contributed by atoms with van der Waals surface area (Å²) in [6.07, 6.45) is 0. The lowest BCUT2D eigenvalue weighted by Gasteiger charge is -2.08.